The molecule has 3 rings (SSSR count). The van der Waals surface area contributed by atoms with Crippen LogP contribution in [0.3, 0.4) is 0 Å². The van der Waals surface area contributed by atoms with E-state index in [4.69, 9.17) is 9.15 Å². The van der Waals surface area contributed by atoms with E-state index in [2.05, 4.69) is 11.6 Å². The molecule has 1 aromatic carbocycles. The van der Waals surface area contributed by atoms with Crippen molar-refractivity contribution in [2.45, 2.75) is 50.1 Å². The van der Waals surface area contributed by atoms with Gasteiger partial charge in [0.1, 0.15) is 5.76 Å². The minimum atomic E-state index is -3.76. The predicted molar refractivity (Wildman–Crippen MR) is 114 cm³/mol. The average molecular weight is 449 g/mol. The van der Waals surface area contributed by atoms with Gasteiger partial charge in [-0.2, -0.15) is 0 Å². The molecule has 0 unspecified atom stereocenters. The van der Waals surface area contributed by atoms with Crippen molar-refractivity contribution < 1.29 is 27.2 Å². The van der Waals surface area contributed by atoms with Crippen LogP contribution in [0.1, 0.15) is 48.7 Å². The number of sulfonamides is 1. The first-order chi connectivity index (χ1) is 14.8. The highest BCUT2D eigenvalue weighted by atomic mass is 32.2. The Labute approximate surface area is 182 Å². The Morgan fingerprint density at radius 2 is 1.81 bits per heavy atom. The summed E-state index contributed by atoms with van der Waals surface area (Å²) in [5.41, 5.74) is 0.173. The third kappa shape index (κ3) is 6.18. The second kappa shape index (κ2) is 10.1. The van der Waals surface area contributed by atoms with Crippen LogP contribution in [0.2, 0.25) is 0 Å². The SMILES string of the molecule is CC1CCC(N(C)C(=O)COC(=O)c2ccc(S(=O)(=O)NCc3ccco3)cc2)CC1. The molecule has 0 bridgehead atoms. The van der Waals surface area contributed by atoms with Gasteiger partial charge >= 0.3 is 5.97 Å². The van der Waals surface area contributed by atoms with Crippen molar-refractivity contribution in [3.05, 3.63) is 54.0 Å². The summed E-state index contributed by atoms with van der Waals surface area (Å²) < 4.78 is 37.4. The molecule has 168 valence electrons. The van der Waals surface area contributed by atoms with Gasteiger partial charge in [0.15, 0.2) is 6.61 Å². The molecule has 1 aromatic heterocycles. The molecule has 0 atom stereocenters. The fraction of sp³-hybridized carbons (Fsp3) is 0.455. The summed E-state index contributed by atoms with van der Waals surface area (Å²) in [6.45, 7) is 1.90. The standard InChI is InChI=1S/C22H28N2O6S/c1-16-5-9-18(10-6-16)24(2)21(25)15-30-22(26)17-7-11-20(12-8-17)31(27,28)23-14-19-4-3-13-29-19/h3-4,7-8,11-13,16,18,23H,5-6,9-10,14-15H2,1-2H3. The van der Waals surface area contributed by atoms with E-state index in [1.807, 2.05) is 0 Å². The van der Waals surface area contributed by atoms with Gasteiger partial charge in [0.2, 0.25) is 10.0 Å². The summed E-state index contributed by atoms with van der Waals surface area (Å²) in [6, 6.07) is 8.87. The molecule has 1 amide bonds. The van der Waals surface area contributed by atoms with Crippen LogP contribution in [0, 0.1) is 5.92 Å². The second-order valence-electron chi connectivity index (χ2n) is 7.92. The molecule has 1 aliphatic rings. The fourth-order valence-electron chi connectivity index (χ4n) is 3.58. The number of hydrogen-bond acceptors (Lipinski definition) is 6. The lowest BCUT2D eigenvalue weighted by Crippen LogP contribution is -2.41. The van der Waals surface area contributed by atoms with Crippen LogP contribution >= 0.6 is 0 Å². The maximum absolute atomic E-state index is 12.4. The quantitative estimate of drug-likeness (QED) is 0.623. The first kappa shape index (κ1) is 23.0. The van der Waals surface area contributed by atoms with Gasteiger partial charge in [0.25, 0.3) is 5.91 Å². The summed E-state index contributed by atoms with van der Waals surface area (Å²) >= 11 is 0. The first-order valence-corrected chi connectivity index (χ1v) is 11.8. The van der Waals surface area contributed by atoms with Crippen molar-refractivity contribution in [1.29, 1.82) is 0 Å². The van der Waals surface area contributed by atoms with Crippen LogP contribution in [0.25, 0.3) is 0 Å². The van der Waals surface area contributed by atoms with Crippen LogP contribution in [0.4, 0.5) is 0 Å². The van der Waals surface area contributed by atoms with Crippen LogP contribution in [0.5, 0.6) is 0 Å². The monoisotopic (exact) mass is 448 g/mol. The lowest BCUT2D eigenvalue weighted by atomic mass is 9.87. The molecule has 1 aliphatic carbocycles. The van der Waals surface area contributed by atoms with Crippen molar-refractivity contribution in [3.63, 3.8) is 0 Å². The Bertz CT molecular complexity index is 978. The highest BCUT2D eigenvalue weighted by Gasteiger charge is 2.25. The van der Waals surface area contributed by atoms with Gasteiger partial charge in [0, 0.05) is 13.1 Å². The summed E-state index contributed by atoms with van der Waals surface area (Å²) in [5.74, 6) is 0.256. The number of furan rings is 1. The van der Waals surface area contributed by atoms with Crippen molar-refractivity contribution in [3.8, 4) is 0 Å². The van der Waals surface area contributed by atoms with Gasteiger partial charge < -0.3 is 14.1 Å². The zero-order valence-corrected chi connectivity index (χ0v) is 18.6. The van der Waals surface area contributed by atoms with Crippen LogP contribution in [0.15, 0.2) is 52.0 Å². The third-order valence-corrected chi connectivity index (χ3v) is 7.09. The first-order valence-electron chi connectivity index (χ1n) is 10.3. The molecule has 1 fully saturated rings. The zero-order valence-electron chi connectivity index (χ0n) is 17.7. The average Bonchev–Trinajstić information content (AvgIpc) is 3.30. The van der Waals surface area contributed by atoms with E-state index in [9.17, 15) is 18.0 Å². The minimum absolute atomic E-state index is 0.0120. The summed E-state index contributed by atoms with van der Waals surface area (Å²) in [6.07, 6.45) is 5.56. The summed E-state index contributed by atoms with van der Waals surface area (Å²) in [5, 5.41) is 0. The number of nitrogens with one attached hydrogen (secondary N) is 1. The number of carbonyl (C=O) groups is 2. The van der Waals surface area contributed by atoms with E-state index < -0.39 is 16.0 Å². The van der Waals surface area contributed by atoms with Crippen LogP contribution in [-0.2, 0) is 26.1 Å². The molecule has 2 aromatic rings. The molecular formula is C22H28N2O6S. The molecule has 0 saturated heterocycles. The number of esters is 1. The van der Waals surface area contributed by atoms with Gasteiger partial charge in [-0.05, 0) is 68.0 Å². The zero-order chi connectivity index (χ0) is 22.4. The maximum Gasteiger partial charge on any atom is 0.338 e. The van der Waals surface area contributed by atoms with Crippen LogP contribution < -0.4 is 4.72 Å². The number of likely N-dealkylation sites (N-methyl/N-ethyl adjacent to an activating group) is 1. The molecule has 9 heteroatoms. The highest BCUT2D eigenvalue weighted by molar-refractivity contribution is 7.89. The topological polar surface area (TPSA) is 106 Å². The summed E-state index contributed by atoms with van der Waals surface area (Å²) in [4.78, 5) is 26.3. The molecule has 8 nitrogen and oxygen atoms in total. The number of rotatable bonds is 8. The van der Waals surface area contributed by atoms with Crippen molar-refractivity contribution in [2.75, 3.05) is 13.7 Å². The third-order valence-electron chi connectivity index (χ3n) is 5.67. The molecule has 1 heterocycles. The van der Waals surface area contributed by atoms with E-state index in [1.54, 1.807) is 24.1 Å². The van der Waals surface area contributed by atoms with Gasteiger partial charge in [-0.25, -0.2) is 17.9 Å². The second-order valence-corrected chi connectivity index (χ2v) is 9.69. The number of amides is 1. The minimum Gasteiger partial charge on any atom is -0.468 e. The van der Waals surface area contributed by atoms with E-state index in [-0.39, 0.29) is 35.6 Å². The van der Waals surface area contributed by atoms with Crippen molar-refractivity contribution in [1.82, 2.24) is 9.62 Å². The van der Waals surface area contributed by atoms with E-state index in [1.165, 1.54) is 30.5 Å². The molecular weight excluding hydrogens is 420 g/mol. The van der Waals surface area contributed by atoms with Gasteiger partial charge in [0.05, 0.1) is 23.3 Å². The Hall–Kier alpha value is -2.65. The Morgan fingerprint density at radius 3 is 2.42 bits per heavy atom. The molecule has 31 heavy (non-hydrogen) atoms. The lowest BCUT2D eigenvalue weighted by Gasteiger charge is -2.33. The van der Waals surface area contributed by atoms with Crippen molar-refractivity contribution >= 4 is 21.9 Å². The number of ether oxygens (including phenoxy) is 1. The Morgan fingerprint density at radius 1 is 1.13 bits per heavy atom. The lowest BCUT2D eigenvalue weighted by molar-refractivity contribution is -0.136. The molecule has 0 aliphatic heterocycles. The highest BCUT2D eigenvalue weighted by Crippen LogP contribution is 2.26. The largest absolute Gasteiger partial charge is 0.468 e. The van der Waals surface area contributed by atoms with Gasteiger partial charge in [-0.3, -0.25) is 4.79 Å². The van der Waals surface area contributed by atoms with Crippen LogP contribution in [-0.4, -0.2) is 44.9 Å². The van der Waals surface area contributed by atoms with E-state index >= 15 is 0 Å². The smallest absolute Gasteiger partial charge is 0.338 e. The summed E-state index contributed by atoms with van der Waals surface area (Å²) in [7, 11) is -2.01. The fourth-order valence-corrected chi connectivity index (χ4v) is 4.57. The predicted octanol–water partition coefficient (Wildman–Crippen LogP) is 2.95. The number of hydrogen-bond donors (Lipinski definition) is 1. The molecule has 0 radical (unpaired) electrons. The van der Waals surface area contributed by atoms with Crippen molar-refractivity contribution in [2.24, 2.45) is 5.92 Å². The molecule has 1 N–H and O–H groups in total. The number of benzene rings is 1. The Kier molecular flexibility index (Phi) is 7.50. The Balaban J connectivity index is 1.51. The van der Waals surface area contributed by atoms with Gasteiger partial charge in [-0.1, -0.05) is 6.92 Å². The molecule has 0 spiro atoms. The van der Waals surface area contributed by atoms with E-state index in [0.717, 1.165) is 25.7 Å². The van der Waals surface area contributed by atoms with E-state index in [0.29, 0.717) is 11.7 Å². The number of carbonyl (C=O) groups excluding carboxylic acids is 2. The normalized spacial score (nSPS) is 19.0. The number of nitrogens with zero attached hydrogens (tertiary/aromatic N) is 1. The molecule has 1 saturated carbocycles. The maximum atomic E-state index is 12.4. The van der Waals surface area contributed by atoms with Gasteiger partial charge in [-0.15, -0.1) is 0 Å².